The van der Waals surface area contributed by atoms with Crippen molar-refractivity contribution in [3.8, 4) is 0 Å². The van der Waals surface area contributed by atoms with Crippen molar-refractivity contribution >= 4 is 16.7 Å². The molecule has 1 saturated heterocycles. The van der Waals surface area contributed by atoms with Crippen LogP contribution in [0.3, 0.4) is 0 Å². The number of nitrogens with one attached hydrogen (secondary N) is 1. The zero-order valence-electron chi connectivity index (χ0n) is 15.7. The first-order valence-corrected chi connectivity index (χ1v) is 9.29. The molecule has 0 aliphatic carbocycles. The summed E-state index contributed by atoms with van der Waals surface area (Å²) in [5, 5.41) is 3.19. The van der Waals surface area contributed by atoms with Crippen molar-refractivity contribution in [3.63, 3.8) is 0 Å². The smallest absolute Gasteiger partial charge is 0.273 e. The number of amides is 1. The highest BCUT2D eigenvalue weighted by molar-refractivity contribution is 5.81. The minimum atomic E-state index is -0.374. The summed E-state index contributed by atoms with van der Waals surface area (Å²) in [7, 11) is 2.03. The monoisotopic (exact) mass is 378 g/mol. The molecule has 2 aromatic carbocycles. The van der Waals surface area contributed by atoms with Crippen LogP contribution in [0.15, 0.2) is 64.2 Å². The van der Waals surface area contributed by atoms with Gasteiger partial charge in [-0.1, -0.05) is 42.5 Å². The quantitative estimate of drug-likeness (QED) is 0.743. The summed E-state index contributed by atoms with van der Waals surface area (Å²) < 4.78 is 1.12. The van der Waals surface area contributed by atoms with E-state index in [4.69, 9.17) is 0 Å². The van der Waals surface area contributed by atoms with E-state index < -0.39 is 0 Å². The van der Waals surface area contributed by atoms with E-state index in [-0.39, 0.29) is 29.6 Å². The molecular weight excluding hydrogens is 356 g/mol. The summed E-state index contributed by atoms with van der Waals surface area (Å²) in [5.74, 6) is -0.185. The number of nitrogens with zero attached hydrogens (tertiary/aromatic N) is 3. The first-order valence-electron chi connectivity index (χ1n) is 9.29. The Morgan fingerprint density at radius 1 is 1.00 bits per heavy atom. The standard InChI is InChI=1S/C21H22N4O3/c1-23-11-12-24(18(13-23)15-7-3-2-4-8-15)19(26)14-25-21(28)17-10-6-5-9-16(17)20(27)22-25/h2-10,18H,11-14H2,1H3,(H,22,27). The van der Waals surface area contributed by atoms with Gasteiger partial charge in [-0.25, -0.2) is 4.68 Å². The first kappa shape index (κ1) is 18.2. The van der Waals surface area contributed by atoms with Gasteiger partial charge in [0.2, 0.25) is 5.91 Å². The third kappa shape index (κ3) is 3.36. The molecule has 1 fully saturated rings. The van der Waals surface area contributed by atoms with E-state index in [1.165, 1.54) is 0 Å². The Kier molecular flexibility index (Phi) is 4.83. The number of carbonyl (C=O) groups excluding carboxylic acids is 1. The van der Waals surface area contributed by atoms with Gasteiger partial charge in [-0.2, -0.15) is 0 Å². The van der Waals surface area contributed by atoms with Gasteiger partial charge in [0.15, 0.2) is 0 Å². The van der Waals surface area contributed by atoms with Gasteiger partial charge in [-0.05, 0) is 24.7 Å². The Bertz CT molecular complexity index is 1120. The van der Waals surface area contributed by atoms with Crippen LogP contribution in [0.1, 0.15) is 11.6 Å². The molecule has 28 heavy (non-hydrogen) atoms. The van der Waals surface area contributed by atoms with Crippen LogP contribution in [0.5, 0.6) is 0 Å². The third-order valence-corrected chi connectivity index (χ3v) is 5.27. The van der Waals surface area contributed by atoms with Gasteiger partial charge in [0.05, 0.1) is 16.8 Å². The molecule has 1 unspecified atom stereocenters. The van der Waals surface area contributed by atoms with Crippen molar-refractivity contribution in [1.29, 1.82) is 0 Å². The molecule has 3 aromatic rings. The molecule has 7 heteroatoms. The number of aromatic amines is 1. The van der Waals surface area contributed by atoms with Gasteiger partial charge in [0.25, 0.3) is 11.1 Å². The van der Waals surface area contributed by atoms with Crippen molar-refractivity contribution in [1.82, 2.24) is 19.6 Å². The first-order chi connectivity index (χ1) is 13.5. The molecule has 1 amide bonds. The van der Waals surface area contributed by atoms with Crippen LogP contribution in [0.25, 0.3) is 10.8 Å². The average molecular weight is 378 g/mol. The Labute approximate surface area is 161 Å². The number of benzene rings is 2. The van der Waals surface area contributed by atoms with E-state index >= 15 is 0 Å². The predicted octanol–water partition coefficient (Wildman–Crippen LogP) is 1.21. The summed E-state index contributed by atoms with van der Waals surface area (Å²) in [6, 6.07) is 16.4. The zero-order chi connectivity index (χ0) is 19.7. The minimum Gasteiger partial charge on any atom is -0.331 e. The molecule has 1 N–H and O–H groups in total. The van der Waals surface area contributed by atoms with Crippen LogP contribution in [0.2, 0.25) is 0 Å². The van der Waals surface area contributed by atoms with Crippen molar-refractivity contribution < 1.29 is 4.79 Å². The van der Waals surface area contributed by atoms with Crippen molar-refractivity contribution in [3.05, 3.63) is 80.9 Å². The van der Waals surface area contributed by atoms with Gasteiger partial charge in [-0.3, -0.25) is 19.5 Å². The van der Waals surface area contributed by atoms with E-state index in [1.807, 2.05) is 37.4 Å². The number of hydrogen-bond acceptors (Lipinski definition) is 4. The summed E-state index contributed by atoms with van der Waals surface area (Å²) >= 11 is 0. The van der Waals surface area contributed by atoms with Crippen molar-refractivity contribution in [2.75, 3.05) is 26.7 Å². The van der Waals surface area contributed by atoms with Gasteiger partial charge >= 0.3 is 0 Å². The number of hydrogen-bond donors (Lipinski definition) is 1. The number of piperazine rings is 1. The van der Waals surface area contributed by atoms with E-state index in [1.54, 1.807) is 29.2 Å². The van der Waals surface area contributed by atoms with Gasteiger partial charge in [-0.15, -0.1) is 0 Å². The van der Waals surface area contributed by atoms with E-state index in [0.717, 1.165) is 23.3 Å². The van der Waals surface area contributed by atoms with Crippen LogP contribution in [-0.2, 0) is 11.3 Å². The van der Waals surface area contributed by atoms with Crippen LogP contribution >= 0.6 is 0 Å². The van der Waals surface area contributed by atoms with Crippen LogP contribution in [0.4, 0.5) is 0 Å². The van der Waals surface area contributed by atoms with Crippen LogP contribution in [0, 0.1) is 0 Å². The Morgan fingerprint density at radius 3 is 2.43 bits per heavy atom. The van der Waals surface area contributed by atoms with Crippen molar-refractivity contribution in [2.24, 2.45) is 0 Å². The number of fused-ring (bicyclic) bond motifs is 1. The zero-order valence-corrected chi connectivity index (χ0v) is 15.7. The molecule has 0 radical (unpaired) electrons. The summed E-state index contributed by atoms with van der Waals surface area (Å²) in [6.07, 6.45) is 0. The lowest BCUT2D eigenvalue weighted by Crippen LogP contribution is -2.51. The normalized spacial score (nSPS) is 17.8. The van der Waals surface area contributed by atoms with Crippen molar-refractivity contribution in [2.45, 2.75) is 12.6 Å². The number of H-pyrrole nitrogens is 1. The third-order valence-electron chi connectivity index (χ3n) is 5.27. The molecule has 7 nitrogen and oxygen atoms in total. The molecule has 2 heterocycles. The SMILES string of the molecule is CN1CCN(C(=O)Cn2[nH]c(=O)c3ccccc3c2=O)C(c2ccccc2)C1. The topological polar surface area (TPSA) is 78.4 Å². The fourth-order valence-corrected chi connectivity index (χ4v) is 3.76. The molecule has 1 atom stereocenters. The lowest BCUT2D eigenvalue weighted by atomic mass is 10.0. The molecule has 0 saturated carbocycles. The Morgan fingerprint density at radius 2 is 1.68 bits per heavy atom. The highest BCUT2D eigenvalue weighted by Crippen LogP contribution is 2.25. The lowest BCUT2D eigenvalue weighted by molar-refractivity contribution is -0.137. The fourth-order valence-electron chi connectivity index (χ4n) is 3.76. The van der Waals surface area contributed by atoms with E-state index in [0.29, 0.717) is 17.3 Å². The molecular formula is C21H22N4O3. The molecule has 0 spiro atoms. The maximum Gasteiger partial charge on any atom is 0.273 e. The molecule has 1 aliphatic rings. The van der Waals surface area contributed by atoms with Crippen LogP contribution in [-0.4, -0.2) is 52.2 Å². The predicted molar refractivity (Wildman–Crippen MR) is 107 cm³/mol. The lowest BCUT2D eigenvalue weighted by Gasteiger charge is -2.40. The summed E-state index contributed by atoms with van der Waals surface area (Å²) in [4.78, 5) is 42.1. The highest BCUT2D eigenvalue weighted by Gasteiger charge is 2.30. The minimum absolute atomic E-state index is 0.0877. The number of carbonyl (C=O) groups is 1. The van der Waals surface area contributed by atoms with Gasteiger partial charge in [0, 0.05) is 19.6 Å². The number of rotatable bonds is 3. The maximum absolute atomic E-state index is 13.1. The summed E-state index contributed by atoms with van der Waals surface area (Å²) in [6.45, 7) is 1.87. The Hall–Kier alpha value is -3.19. The summed E-state index contributed by atoms with van der Waals surface area (Å²) in [5.41, 5.74) is 0.316. The number of aromatic nitrogens is 2. The number of likely N-dealkylation sites (N-methyl/N-ethyl adjacent to an activating group) is 1. The molecule has 4 rings (SSSR count). The maximum atomic E-state index is 13.1. The molecule has 1 aromatic heterocycles. The highest BCUT2D eigenvalue weighted by atomic mass is 16.2. The second-order valence-electron chi connectivity index (χ2n) is 7.15. The second-order valence-corrected chi connectivity index (χ2v) is 7.15. The van der Waals surface area contributed by atoms with Gasteiger partial charge < -0.3 is 9.80 Å². The largest absolute Gasteiger partial charge is 0.331 e. The van der Waals surface area contributed by atoms with Crippen LogP contribution < -0.4 is 11.1 Å². The van der Waals surface area contributed by atoms with E-state index in [9.17, 15) is 14.4 Å². The molecule has 144 valence electrons. The second kappa shape index (κ2) is 7.44. The van der Waals surface area contributed by atoms with Gasteiger partial charge in [0.1, 0.15) is 6.54 Å². The molecule has 0 bridgehead atoms. The average Bonchev–Trinajstić information content (AvgIpc) is 2.72. The fraction of sp³-hybridized carbons (Fsp3) is 0.286. The van der Waals surface area contributed by atoms with E-state index in [2.05, 4.69) is 10.00 Å². The molecule has 1 aliphatic heterocycles. The Balaban J connectivity index is 1.66.